The summed E-state index contributed by atoms with van der Waals surface area (Å²) in [7, 11) is 0. The van der Waals surface area contributed by atoms with Gasteiger partial charge in [-0.2, -0.15) is 0 Å². The highest BCUT2D eigenvalue weighted by Gasteiger charge is 2.12. The Morgan fingerprint density at radius 1 is 1.28 bits per heavy atom. The van der Waals surface area contributed by atoms with E-state index in [1.54, 1.807) is 0 Å². The van der Waals surface area contributed by atoms with Gasteiger partial charge in [0.05, 0.1) is 6.61 Å². The first kappa shape index (κ1) is 15.2. The summed E-state index contributed by atoms with van der Waals surface area (Å²) in [4.78, 5) is 0. The SMILES string of the molecule is Cl.Fc1ccc(OCCC2CCCCN2)c(F)c1. The maximum absolute atomic E-state index is 13.2. The Morgan fingerprint density at radius 2 is 2.11 bits per heavy atom. The average molecular weight is 278 g/mol. The van der Waals surface area contributed by atoms with Crippen molar-refractivity contribution in [3.63, 3.8) is 0 Å². The summed E-state index contributed by atoms with van der Waals surface area (Å²) in [5.41, 5.74) is 0. The summed E-state index contributed by atoms with van der Waals surface area (Å²) in [5, 5.41) is 3.40. The molecule has 0 bridgehead atoms. The molecule has 1 fully saturated rings. The van der Waals surface area contributed by atoms with Gasteiger partial charge in [0.25, 0.3) is 0 Å². The van der Waals surface area contributed by atoms with E-state index in [2.05, 4.69) is 5.32 Å². The van der Waals surface area contributed by atoms with Crippen LogP contribution >= 0.6 is 12.4 Å². The molecule has 1 aromatic rings. The number of nitrogens with one attached hydrogen (secondary N) is 1. The molecule has 0 saturated carbocycles. The van der Waals surface area contributed by atoms with Crippen molar-refractivity contribution in [3.8, 4) is 5.75 Å². The van der Waals surface area contributed by atoms with E-state index in [9.17, 15) is 8.78 Å². The van der Waals surface area contributed by atoms with Crippen molar-refractivity contribution in [3.05, 3.63) is 29.8 Å². The molecule has 0 aliphatic carbocycles. The van der Waals surface area contributed by atoms with Crippen LogP contribution in [0.4, 0.5) is 8.78 Å². The van der Waals surface area contributed by atoms with E-state index in [4.69, 9.17) is 4.74 Å². The molecule has 102 valence electrons. The second-order valence-electron chi connectivity index (χ2n) is 4.36. The highest BCUT2D eigenvalue weighted by atomic mass is 35.5. The molecule has 1 saturated heterocycles. The lowest BCUT2D eigenvalue weighted by molar-refractivity contribution is 0.258. The molecule has 5 heteroatoms. The molecule has 1 aliphatic heterocycles. The molecule has 1 aromatic carbocycles. The highest BCUT2D eigenvalue weighted by Crippen LogP contribution is 2.18. The van der Waals surface area contributed by atoms with Gasteiger partial charge in [0.2, 0.25) is 0 Å². The minimum atomic E-state index is -0.637. The van der Waals surface area contributed by atoms with Gasteiger partial charge < -0.3 is 10.1 Å². The second kappa shape index (κ2) is 7.54. The van der Waals surface area contributed by atoms with Gasteiger partial charge >= 0.3 is 0 Å². The molecular weight excluding hydrogens is 260 g/mol. The van der Waals surface area contributed by atoms with Crippen LogP contribution in [0.25, 0.3) is 0 Å². The van der Waals surface area contributed by atoms with Gasteiger partial charge in [0.1, 0.15) is 5.82 Å². The zero-order valence-electron chi connectivity index (χ0n) is 10.1. The zero-order chi connectivity index (χ0) is 12.1. The molecule has 0 spiro atoms. The minimum Gasteiger partial charge on any atom is -0.490 e. The van der Waals surface area contributed by atoms with Crippen LogP contribution in [-0.4, -0.2) is 19.2 Å². The number of halogens is 3. The van der Waals surface area contributed by atoms with Gasteiger partial charge in [-0.1, -0.05) is 6.42 Å². The second-order valence-corrected chi connectivity index (χ2v) is 4.36. The maximum Gasteiger partial charge on any atom is 0.167 e. The predicted octanol–water partition coefficient (Wildman–Crippen LogP) is 3.30. The van der Waals surface area contributed by atoms with E-state index in [1.165, 1.54) is 25.0 Å². The lowest BCUT2D eigenvalue weighted by atomic mass is 10.0. The topological polar surface area (TPSA) is 21.3 Å². The van der Waals surface area contributed by atoms with Crippen LogP contribution in [0.3, 0.4) is 0 Å². The van der Waals surface area contributed by atoms with Gasteiger partial charge in [0.15, 0.2) is 11.6 Å². The van der Waals surface area contributed by atoms with Crippen molar-refractivity contribution in [1.82, 2.24) is 5.32 Å². The van der Waals surface area contributed by atoms with E-state index in [1.807, 2.05) is 0 Å². The third-order valence-electron chi connectivity index (χ3n) is 3.03. The number of piperidine rings is 1. The third-order valence-corrected chi connectivity index (χ3v) is 3.03. The van der Waals surface area contributed by atoms with Gasteiger partial charge in [-0.05, 0) is 37.9 Å². The van der Waals surface area contributed by atoms with Crippen LogP contribution in [0, 0.1) is 11.6 Å². The van der Waals surface area contributed by atoms with Crippen molar-refractivity contribution in [1.29, 1.82) is 0 Å². The highest BCUT2D eigenvalue weighted by molar-refractivity contribution is 5.85. The Bertz CT molecular complexity index is 370. The van der Waals surface area contributed by atoms with E-state index in [0.29, 0.717) is 12.6 Å². The van der Waals surface area contributed by atoms with Crippen LogP contribution in [0.2, 0.25) is 0 Å². The maximum atomic E-state index is 13.2. The molecule has 0 amide bonds. The summed E-state index contributed by atoms with van der Waals surface area (Å²) in [6, 6.07) is 3.84. The molecule has 0 aromatic heterocycles. The fourth-order valence-corrected chi connectivity index (χ4v) is 2.07. The van der Waals surface area contributed by atoms with Crippen molar-refractivity contribution in [2.75, 3.05) is 13.2 Å². The lowest BCUT2D eigenvalue weighted by Gasteiger charge is -2.23. The standard InChI is InChI=1S/C13H17F2NO.ClH/c14-10-4-5-13(12(15)9-10)17-8-6-11-3-1-2-7-16-11;/h4-5,9,11,16H,1-3,6-8H2;1H. The van der Waals surface area contributed by atoms with Crippen LogP contribution in [0.1, 0.15) is 25.7 Å². The van der Waals surface area contributed by atoms with Crippen LogP contribution in [0.15, 0.2) is 18.2 Å². The van der Waals surface area contributed by atoms with E-state index >= 15 is 0 Å². The van der Waals surface area contributed by atoms with Crippen molar-refractivity contribution < 1.29 is 13.5 Å². The fourth-order valence-electron chi connectivity index (χ4n) is 2.07. The number of hydrogen-bond acceptors (Lipinski definition) is 2. The van der Waals surface area contributed by atoms with Gasteiger partial charge in [-0.25, -0.2) is 8.78 Å². The van der Waals surface area contributed by atoms with Crippen molar-refractivity contribution >= 4 is 12.4 Å². The van der Waals surface area contributed by atoms with Crippen molar-refractivity contribution in [2.24, 2.45) is 0 Å². The molecule has 2 nitrogen and oxygen atoms in total. The molecule has 1 unspecified atom stereocenters. The molecular formula is C13H18ClF2NO. The molecule has 2 rings (SSSR count). The minimum absolute atomic E-state index is 0. The summed E-state index contributed by atoms with van der Waals surface area (Å²) in [6.45, 7) is 1.51. The summed E-state index contributed by atoms with van der Waals surface area (Å²) < 4.78 is 31.2. The first-order chi connectivity index (χ1) is 8.25. The Balaban J connectivity index is 0.00000162. The van der Waals surface area contributed by atoms with Crippen LogP contribution in [0.5, 0.6) is 5.75 Å². The largest absolute Gasteiger partial charge is 0.490 e. The van der Waals surface area contributed by atoms with Gasteiger partial charge in [-0.15, -0.1) is 12.4 Å². The number of benzene rings is 1. The van der Waals surface area contributed by atoms with Gasteiger partial charge in [-0.3, -0.25) is 0 Å². The number of rotatable bonds is 4. The monoisotopic (exact) mass is 277 g/mol. The molecule has 18 heavy (non-hydrogen) atoms. The van der Waals surface area contributed by atoms with Crippen molar-refractivity contribution in [2.45, 2.75) is 31.7 Å². The summed E-state index contributed by atoms with van der Waals surface area (Å²) >= 11 is 0. The zero-order valence-corrected chi connectivity index (χ0v) is 10.9. The molecule has 1 atom stereocenters. The molecule has 1 N–H and O–H groups in total. The Hall–Kier alpha value is -0.870. The first-order valence-corrected chi connectivity index (χ1v) is 6.07. The Kier molecular flexibility index (Phi) is 6.36. The quantitative estimate of drug-likeness (QED) is 0.912. The van der Waals surface area contributed by atoms with Crippen LogP contribution < -0.4 is 10.1 Å². The summed E-state index contributed by atoms with van der Waals surface area (Å²) in [5.74, 6) is -1.09. The van der Waals surface area contributed by atoms with E-state index in [0.717, 1.165) is 25.5 Å². The predicted molar refractivity (Wildman–Crippen MR) is 69.4 cm³/mol. The third kappa shape index (κ3) is 4.42. The normalized spacial score (nSPS) is 19.1. The Labute approximate surface area is 112 Å². The average Bonchev–Trinajstić information content (AvgIpc) is 2.33. The lowest BCUT2D eigenvalue weighted by Crippen LogP contribution is -2.35. The first-order valence-electron chi connectivity index (χ1n) is 6.07. The number of ether oxygens (including phenoxy) is 1. The Morgan fingerprint density at radius 3 is 2.78 bits per heavy atom. The van der Waals surface area contributed by atoms with Gasteiger partial charge in [0, 0.05) is 12.1 Å². The fraction of sp³-hybridized carbons (Fsp3) is 0.538. The van der Waals surface area contributed by atoms with E-state index in [-0.39, 0.29) is 18.2 Å². The van der Waals surface area contributed by atoms with Crippen LogP contribution in [-0.2, 0) is 0 Å². The van der Waals surface area contributed by atoms with E-state index < -0.39 is 11.6 Å². The smallest absolute Gasteiger partial charge is 0.167 e. The molecule has 0 radical (unpaired) electrons. The molecule has 1 heterocycles. The summed E-state index contributed by atoms with van der Waals surface area (Å²) in [6.07, 6.45) is 4.47. The number of hydrogen-bond donors (Lipinski definition) is 1. The molecule has 1 aliphatic rings.